The van der Waals surface area contributed by atoms with Crippen molar-refractivity contribution in [2.75, 3.05) is 39.4 Å². The van der Waals surface area contributed by atoms with E-state index in [0.29, 0.717) is 18.8 Å². The molecule has 188 valence electrons. The topological polar surface area (TPSA) is 70.7 Å². The van der Waals surface area contributed by atoms with Crippen LogP contribution in [0.3, 0.4) is 0 Å². The highest BCUT2D eigenvalue weighted by Crippen LogP contribution is 2.42. The molecule has 0 bridgehead atoms. The van der Waals surface area contributed by atoms with E-state index in [9.17, 15) is 4.79 Å². The lowest BCUT2D eigenvalue weighted by molar-refractivity contribution is 0.0316. The van der Waals surface area contributed by atoms with E-state index in [2.05, 4.69) is 39.4 Å². The second kappa shape index (κ2) is 10.6. The Morgan fingerprint density at radius 3 is 2.32 bits per heavy atom. The average Bonchev–Trinajstić information content (AvgIpc) is 3.51. The van der Waals surface area contributed by atoms with Gasteiger partial charge in [-0.2, -0.15) is 5.10 Å². The van der Waals surface area contributed by atoms with Crippen LogP contribution in [-0.4, -0.2) is 65.3 Å². The Hall–Kier alpha value is -3.94. The molecule has 7 nitrogen and oxygen atoms in total. The molecule has 1 amide bonds. The summed E-state index contributed by atoms with van der Waals surface area (Å²) < 4.78 is 11.5. The van der Waals surface area contributed by atoms with Crippen molar-refractivity contribution in [1.29, 1.82) is 0 Å². The molecule has 0 aliphatic carbocycles. The van der Waals surface area contributed by atoms with Crippen LogP contribution in [0.15, 0.2) is 84.9 Å². The number of fused-ring (bicyclic) bond motifs is 1. The van der Waals surface area contributed by atoms with Gasteiger partial charge in [0.2, 0.25) is 0 Å². The van der Waals surface area contributed by atoms with E-state index in [0.717, 1.165) is 66.5 Å². The highest BCUT2D eigenvalue weighted by molar-refractivity contribution is 6.00. The normalized spacial score (nSPS) is 17.7. The molecule has 2 aliphatic heterocycles. The number of carbonyl (C=O) groups is 1. The van der Waals surface area contributed by atoms with Gasteiger partial charge in [-0.15, -0.1) is 0 Å². The number of benzene rings is 3. The summed E-state index contributed by atoms with van der Waals surface area (Å²) in [6.45, 7) is 5.21. The van der Waals surface area contributed by atoms with Crippen LogP contribution in [-0.2, 0) is 11.3 Å². The van der Waals surface area contributed by atoms with Crippen LogP contribution in [0.5, 0.6) is 5.75 Å². The van der Waals surface area contributed by atoms with E-state index in [-0.39, 0.29) is 11.9 Å². The second-order valence-electron chi connectivity index (χ2n) is 9.43. The number of amides is 1. The van der Waals surface area contributed by atoms with E-state index in [1.807, 2.05) is 65.6 Å². The number of hydrogen-bond donors (Lipinski definition) is 1. The molecule has 1 fully saturated rings. The van der Waals surface area contributed by atoms with Crippen LogP contribution < -0.4 is 4.74 Å². The zero-order chi connectivity index (χ0) is 25.0. The van der Waals surface area contributed by atoms with Gasteiger partial charge in [0.15, 0.2) is 0 Å². The summed E-state index contributed by atoms with van der Waals surface area (Å²) in [5.74, 6) is 0.792. The largest absolute Gasteiger partial charge is 0.489 e. The first-order chi connectivity index (χ1) is 18.3. The Balaban J connectivity index is 1.29. The molecule has 0 saturated carbocycles. The van der Waals surface area contributed by atoms with Crippen LogP contribution in [0, 0.1) is 0 Å². The van der Waals surface area contributed by atoms with Crippen LogP contribution in [0.25, 0.3) is 11.3 Å². The van der Waals surface area contributed by atoms with Gasteiger partial charge in [0.1, 0.15) is 18.1 Å². The molecular weight excluding hydrogens is 464 g/mol. The van der Waals surface area contributed by atoms with Crippen LogP contribution >= 0.6 is 0 Å². The van der Waals surface area contributed by atoms with Crippen molar-refractivity contribution in [3.8, 4) is 17.0 Å². The minimum Gasteiger partial charge on any atom is -0.489 e. The molecule has 0 spiro atoms. The first-order valence-corrected chi connectivity index (χ1v) is 12.8. The zero-order valence-electron chi connectivity index (χ0n) is 20.7. The van der Waals surface area contributed by atoms with Crippen LogP contribution in [0.4, 0.5) is 0 Å². The molecule has 3 aromatic carbocycles. The molecule has 1 N–H and O–H groups in total. The van der Waals surface area contributed by atoms with E-state index < -0.39 is 0 Å². The van der Waals surface area contributed by atoms with Gasteiger partial charge in [-0.1, -0.05) is 72.8 Å². The molecule has 6 rings (SSSR count). The molecule has 1 atom stereocenters. The van der Waals surface area contributed by atoms with E-state index in [1.165, 1.54) is 0 Å². The molecule has 1 unspecified atom stereocenters. The zero-order valence-corrected chi connectivity index (χ0v) is 20.7. The smallest absolute Gasteiger partial charge is 0.273 e. The number of morpholine rings is 1. The summed E-state index contributed by atoms with van der Waals surface area (Å²) >= 11 is 0. The molecular formula is C30H30N4O3. The van der Waals surface area contributed by atoms with Gasteiger partial charge < -0.3 is 14.4 Å². The molecule has 3 heterocycles. The maximum atomic E-state index is 13.6. The van der Waals surface area contributed by atoms with E-state index in [4.69, 9.17) is 9.47 Å². The van der Waals surface area contributed by atoms with Crippen molar-refractivity contribution in [3.05, 3.63) is 107 Å². The first-order valence-electron chi connectivity index (χ1n) is 12.8. The average molecular weight is 495 g/mol. The third-order valence-corrected chi connectivity index (χ3v) is 7.12. The SMILES string of the molecule is O=C1c2[nH]nc(-c3ccccc3)c2C(c2ccc(OCc3ccccc3)cc2)N1CCN1CCOCC1. The van der Waals surface area contributed by atoms with Gasteiger partial charge >= 0.3 is 0 Å². The maximum absolute atomic E-state index is 13.6. The first kappa shape index (κ1) is 23.5. The van der Waals surface area contributed by atoms with Gasteiger partial charge in [0.05, 0.1) is 24.9 Å². The minimum absolute atomic E-state index is 0.00709. The molecule has 2 aliphatic rings. The Bertz CT molecular complexity index is 1330. The molecule has 7 heteroatoms. The quantitative estimate of drug-likeness (QED) is 0.390. The summed E-state index contributed by atoms with van der Waals surface area (Å²) in [6.07, 6.45) is 0. The fourth-order valence-electron chi connectivity index (χ4n) is 5.15. The van der Waals surface area contributed by atoms with Gasteiger partial charge in [0, 0.05) is 37.3 Å². The van der Waals surface area contributed by atoms with Gasteiger partial charge in [-0.3, -0.25) is 14.8 Å². The van der Waals surface area contributed by atoms with Crippen molar-refractivity contribution in [2.45, 2.75) is 12.6 Å². The standard InChI is InChI=1S/C30H30N4O3/c35-30-28-26(27(31-32-28)23-9-5-2-6-10-23)29(34(30)16-15-33-17-19-36-20-18-33)24-11-13-25(14-12-24)37-21-22-7-3-1-4-8-22/h1-14,29H,15-21H2,(H,31,32). The number of nitrogens with one attached hydrogen (secondary N) is 1. The number of hydrogen-bond acceptors (Lipinski definition) is 5. The molecule has 4 aromatic rings. The Labute approximate surface area is 216 Å². The molecule has 1 aromatic heterocycles. The summed E-state index contributed by atoms with van der Waals surface area (Å²) in [5.41, 5.74) is 5.51. The number of carbonyl (C=O) groups excluding carboxylic acids is 1. The molecule has 0 radical (unpaired) electrons. The summed E-state index contributed by atoms with van der Waals surface area (Å²) in [4.78, 5) is 17.9. The summed E-state index contributed by atoms with van der Waals surface area (Å²) in [6, 6.07) is 28.1. The van der Waals surface area contributed by atoms with Crippen molar-refractivity contribution in [1.82, 2.24) is 20.0 Å². The third kappa shape index (κ3) is 4.88. The Morgan fingerprint density at radius 2 is 1.59 bits per heavy atom. The maximum Gasteiger partial charge on any atom is 0.273 e. The van der Waals surface area contributed by atoms with Crippen LogP contribution in [0.1, 0.15) is 33.2 Å². The van der Waals surface area contributed by atoms with Gasteiger partial charge in [-0.05, 0) is 23.3 Å². The van der Waals surface area contributed by atoms with Gasteiger partial charge in [-0.25, -0.2) is 0 Å². The predicted molar refractivity (Wildman–Crippen MR) is 141 cm³/mol. The number of ether oxygens (including phenoxy) is 2. The highest BCUT2D eigenvalue weighted by Gasteiger charge is 2.42. The third-order valence-electron chi connectivity index (χ3n) is 7.12. The Kier molecular flexibility index (Phi) is 6.71. The monoisotopic (exact) mass is 494 g/mol. The second-order valence-corrected chi connectivity index (χ2v) is 9.43. The lowest BCUT2D eigenvalue weighted by Gasteiger charge is -2.31. The molecule has 37 heavy (non-hydrogen) atoms. The Morgan fingerprint density at radius 1 is 0.892 bits per heavy atom. The fourth-order valence-corrected chi connectivity index (χ4v) is 5.15. The minimum atomic E-state index is -0.222. The lowest BCUT2D eigenvalue weighted by Crippen LogP contribution is -2.42. The van der Waals surface area contributed by atoms with Crippen molar-refractivity contribution < 1.29 is 14.3 Å². The lowest BCUT2D eigenvalue weighted by atomic mass is 9.96. The number of rotatable bonds is 8. The number of aromatic nitrogens is 2. The summed E-state index contributed by atoms with van der Waals surface area (Å²) in [7, 11) is 0. The van der Waals surface area contributed by atoms with Gasteiger partial charge in [0.25, 0.3) is 5.91 Å². The number of H-pyrrole nitrogens is 1. The highest BCUT2D eigenvalue weighted by atomic mass is 16.5. The van der Waals surface area contributed by atoms with E-state index in [1.54, 1.807) is 0 Å². The van der Waals surface area contributed by atoms with Crippen molar-refractivity contribution in [3.63, 3.8) is 0 Å². The summed E-state index contributed by atoms with van der Waals surface area (Å²) in [5, 5.41) is 7.63. The van der Waals surface area contributed by atoms with Crippen molar-refractivity contribution in [2.24, 2.45) is 0 Å². The van der Waals surface area contributed by atoms with E-state index >= 15 is 0 Å². The van der Waals surface area contributed by atoms with Crippen LogP contribution in [0.2, 0.25) is 0 Å². The molecule has 1 saturated heterocycles. The van der Waals surface area contributed by atoms with Crippen molar-refractivity contribution >= 4 is 5.91 Å². The fraction of sp³-hybridized carbons (Fsp3) is 0.267. The number of aromatic amines is 1. The number of nitrogens with zero attached hydrogens (tertiary/aromatic N) is 3. The predicted octanol–water partition coefficient (Wildman–Crippen LogP) is 4.53.